The number of carbonyl (C=O) groups is 2. The Balaban J connectivity index is 1.58. The molecule has 1 saturated heterocycles. The number of anilines is 2. The summed E-state index contributed by atoms with van der Waals surface area (Å²) in [4.78, 5) is 31.9. The molecule has 1 fully saturated rings. The van der Waals surface area contributed by atoms with Crippen LogP contribution in [0.1, 0.15) is 20.7 Å². The second-order valence-electron chi connectivity index (χ2n) is 6.18. The highest BCUT2D eigenvalue weighted by atomic mass is 16.2. The van der Waals surface area contributed by atoms with Gasteiger partial charge in [-0.15, -0.1) is 6.42 Å². The molecule has 3 rings (SSSR count). The van der Waals surface area contributed by atoms with Crippen LogP contribution in [-0.2, 0) is 0 Å². The summed E-state index contributed by atoms with van der Waals surface area (Å²) >= 11 is 0. The van der Waals surface area contributed by atoms with Gasteiger partial charge < -0.3 is 20.9 Å². The monoisotopic (exact) mass is 363 g/mol. The quantitative estimate of drug-likeness (QED) is 0.769. The first-order valence-electron chi connectivity index (χ1n) is 8.66. The molecule has 2 amide bonds. The lowest BCUT2D eigenvalue weighted by Crippen LogP contribution is -2.46. The van der Waals surface area contributed by atoms with Crippen molar-refractivity contribution in [1.82, 2.24) is 10.3 Å². The average molecular weight is 363 g/mol. The van der Waals surface area contributed by atoms with Crippen molar-refractivity contribution in [3.05, 3.63) is 53.7 Å². The van der Waals surface area contributed by atoms with E-state index in [4.69, 9.17) is 12.2 Å². The average Bonchev–Trinajstić information content (AvgIpc) is 2.72. The Kier molecular flexibility index (Phi) is 5.57. The first-order valence-corrected chi connectivity index (χ1v) is 8.66. The lowest BCUT2D eigenvalue weighted by atomic mass is 10.1. The summed E-state index contributed by atoms with van der Waals surface area (Å²) in [6.45, 7) is 3.49. The molecule has 7 heteroatoms. The van der Waals surface area contributed by atoms with Crippen molar-refractivity contribution in [2.75, 3.05) is 42.5 Å². The van der Waals surface area contributed by atoms with Gasteiger partial charge in [-0.2, -0.15) is 0 Å². The molecule has 0 radical (unpaired) electrons. The molecule has 1 aromatic carbocycles. The number of terminal acetylenes is 1. The van der Waals surface area contributed by atoms with Gasteiger partial charge in [0, 0.05) is 43.6 Å². The summed E-state index contributed by atoms with van der Waals surface area (Å²) in [7, 11) is 0. The van der Waals surface area contributed by atoms with Crippen LogP contribution in [0.2, 0.25) is 0 Å². The number of hydrogen-bond acceptors (Lipinski definition) is 5. The minimum absolute atomic E-state index is 0.197. The van der Waals surface area contributed by atoms with E-state index in [0.717, 1.165) is 37.7 Å². The van der Waals surface area contributed by atoms with Gasteiger partial charge in [0.25, 0.3) is 5.91 Å². The normalized spacial score (nSPS) is 13.7. The topological polar surface area (TPSA) is 91.6 Å². The van der Waals surface area contributed by atoms with Crippen LogP contribution >= 0.6 is 0 Å². The first kappa shape index (κ1) is 18.3. The van der Waals surface area contributed by atoms with Crippen LogP contribution in [0.15, 0.2) is 42.6 Å². The molecule has 1 aliphatic rings. The molecule has 0 aliphatic carbocycles. The molecule has 0 unspecified atom stereocenters. The van der Waals surface area contributed by atoms with Crippen molar-refractivity contribution in [2.45, 2.75) is 0 Å². The van der Waals surface area contributed by atoms with Gasteiger partial charge in [-0.1, -0.05) is 5.92 Å². The molecule has 27 heavy (non-hydrogen) atoms. The van der Waals surface area contributed by atoms with Crippen LogP contribution < -0.4 is 20.9 Å². The number of piperazine rings is 1. The van der Waals surface area contributed by atoms with Gasteiger partial charge in [0.05, 0.1) is 12.1 Å². The zero-order valence-corrected chi connectivity index (χ0v) is 14.9. The molecular formula is C20H21N5O2. The third kappa shape index (κ3) is 4.36. The third-order valence-corrected chi connectivity index (χ3v) is 4.48. The number of nitrogens with one attached hydrogen (secondary N) is 1. The minimum atomic E-state index is -0.422. The Bertz CT molecular complexity index is 847. The Hall–Kier alpha value is -3.53. The molecule has 138 valence electrons. The second-order valence-corrected chi connectivity index (χ2v) is 6.18. The number of amides is 2. The SMILES string of the molecule is C#CCNC(=O)c1ccc(N2CCN(c3ccc(C(N)=O)cc3)CC2)nc1. The Morgan fingerprint density at radius 3 is 2.22 bits per heavy atom. The predicted octanol–water partition coefficient (Wildman–Crippen LogP) is 0.870. The summed E-state index contributed by atoms with van der Waals surface area (Å²) < 4.78 is 0. The van der Waals surface area contributed by atoms with Crippen LogP contribution in [0.25, 0.3) is 0 Å². The van der Waals surface area contributed by atoms with Crippen LogP contribution in [0, 0.1) is 12.3 Å². The summed E-state index contributed by atoms with van der Waals surface area (Å²) in [6, 6.07) is 10.9. The van der Waals surface area contributed by atoms with Crippen LogP contribution in [0.4, 0.5) is 11.5 Å². The molecule has 0 saturated carbocycles. The van der Waals surface area contributed by atoms with Crippen molar-refractivity contribution in [1.29, 1.82) is 0 Å². The maximum atomic E-state index is 11.9. The fourth-order valence-electron chi connectivity index (χ4n) is 2.97. The lowest BCUT2D eigenvalue weighted by Gasteiger charge is -2.36. The molecule has 7 nitrogen and oxygen atoms in total. The molecule has 0 bridgehead atoms. The smallest absolute Gasteiger partial charge is 0.253 e. The van der Waals surface area contributed by atoms with Gasteiger partial charge in [-0.25, -0.2) is 4.98 Å². The number of hydrogen-bond donors (Lipinski definition) is 2. The highest BCUT2D eigenvalue weighted by Gasteiger charge is 2.19. The Morgan fingerprint density at radius 1 is 1.04 bits per heavy atom. The minimum Gasteiger partial charge on any atom is -0.368 e. The second kappa shape index (κ2) is 8.23. The number of nitrogens with two attached hydrogens (primary N) is 1. The molecule has 1 aromatic heterocycles. The largest absolute Gasteiger partial charge is 0.368 e. The number of benzene rings is 1. The van der Waals surface area contributed by atoms with Gasteiger partial charge in [0.1, 0.15) is 5.82 Å². The predicted molar refractivity (Wildman–Crippen MR) is 105 cm³/mol. The van der Waals surface area contributed by atoms with Crippen molar-refractivity contribution < 1.29 is 9.59 Å². The van der Waals surface area contributed by atoms with E-state index in [9.17, 15) is 9.59 Å². The summed E-state index contributed by atoms with van der Waals surface area (Å²) in [5.41, 5.74) is 7.34. The maximum Gasteiger partial charge on any atom is 0.253 e. The van der Waals surface area contributed by atoms with Crippen LogP contribution in [-0.4, -0.2) is 49.5 Å². The van der Waals surface area contributed by atoms with Gasteiger partial charge >= 0.3 is 0 Å². The van der Waals surface area contributed by atoms with Gasteiger partial charge in [-0.3, -0.25) is 9.59 Å². The van der Waals surface area contributed by atoms with E-state index < -0.39 is 5.91 Å². The first-order chi connectivity index (χ1) is 13.1. The van der Waals surface area contributed by atoms with Crippen molar-refractivity contribution >= 4 is 23.3 Å². The standard InChI is InChI=1S/C20H21N5O2/c1-2-9-22-20(27)16-5-8-18(23-14-16)25-12-10-24(11-13-25)17-6-3-15(4-7-17)19(21)26/h1,3-8,14H,9-13H2,(H2,21,26)(H,22,27). The number of rotatable bonds is 5. The highest BCUT2D eigenvalue weighted by molar-refractivity contribution is 5.94. The van der Waals surface area contributed by atoms with Crippen molar-refractivity contribution in [2.24, 2.45) is 5.73 Å². The highest BCUT2D eigenvalue weighted by Crippen LogP contribution is 2.20. The zero-order valence-electron chi connectivity index (χ0n) is 14.9. The van der Waals surface area contributed by atoms with E-state index in [2.05, 4.69) is 26.0 Å². The van der Waals surface area contributed by atoms with E-state index in [1.165, 1.54) is 0 Å². The van der Waals surface area contributed by atoms with Crippen LogP contribution in [0.3, 0.4) is 0 Å². The van der Waals surface area contributed by atoms with E-state index in [0.29, 0.717) is 11.1 Å². The fraction of sp³-hybridized carbons (Fsp3) is 0.250. The van der Waals surface area contributed by atoms with E-state index >= 15 is 0 Å². The third-order valence-electron chi connectivity index (χ3n) is 4.48. The van der Waals surface area contributed by atoms with E-state index in [-0.39, 0.29) is 12.5 Å². The summed E-state index contributed by atoms with van der Waals surface area (Å²) in [6.07, 6.45) is 6.70. The lowest BCUT2D eigenvalue weighted by molar-refractivity contribution is 0.0957. The van der Waals surface area contributed by atoms with Crippen molar-refractivity contribution in [3.8, 4) is 12.3 Å². The molecule has 1 aliphatic heterocycles. The molecule has 0 atom stereocenters. The summed E-state index contributed by atoms with van der Waals surface area (Å²) in [5, 5.41) is 2.62. The van der Waals surface area contributed by atoms with E-state index in [1.54, 1.807) is 24.4 Å². The number of aromatic nitrogens is 1. The van der Waals surface area contributed by atoms with E-state index in [1.807, 2.05) is 18.2 Å². The van der Waals surface area contributed by atoms with Crippen LogP contribution in [0.5, 0.6) is 0 Å². The Labute approximate surface area is 158 Å². The molecule has 3 N–H and O–H groups in total. The Morgan fingerprint density at radius 2 is 1.67 bits per heavy atom. The summed E-state index contributed by atoms with van der Waals surface area (Å²) in [5.74, 6) is 2.56. The zero-order chi connectivity index (χ0) is 19.2. The maximum absolute atomic E-state index is 11.9. The van der Waals surface area contributed by atoms with Crippen molar-refractivity contribution in [3.63, 3.8) is 0 Å². The molecule has 2 aromatic rings. The number of carbonyl (C=O) groups excluding carboxylic acids is 2. The molecule has 0 spiro atoms. The number of nitrogens with zero attached hydrogens (tertiary/aromatic N) is 3. The number of pyridine rings is 1. The van der Waals surface area contributed by atoms with Gasteiger partial charge in [-0.05, 0) is 36.4 Å². The van der Waals surface area contributed by atoms with Gasteiger partial charge in [0.15, 0.2) is 0 Å². The molecule has 2 heterocycles. The fourth-order valence-corrected chi connectivity index (χ4v) is 2.97. The number of primary amides is 1. The van der Waals surface area contributed by atoms with Gasteiger partial charge in [0.2, 0.25) is 5.91 Å². The molecular weight excluding hydrogens is 342 g/mol.